The van der Waals surface area contributed by atoms with Gasteiger partial charge in [-0.1, -0.05) is 11.6 Å². The molecular weight excluding hydrogens is 342 g/mol. The molecule has 0 aromatic carbocycles. The minimum atomic E-state index is -0.413. The van der Waals surface area contributed by atoms with Crippen LogP contribution in [-0.2, 0) is 17.8 Å². The zero-order valence-corrected chi connectivity index (χ0v) is 14.7. The molecule has 0 spiro atoms. The standard InChI is InChI=1S/C17H20ClN5O2/c18-14-10-12(6-7-19-14)11-22-17(25)23-13(4-3-5-15(23)20-22)16(24)21-8-1-2-9-21/h6-7,10,13H,1-5,8-9,11H2/t13-/m1/s1. The number of fused-ring (bicyclic) bond motifs is 1. The molecule has 0 bridgehead atoms. The normalized spacial score (nSPS) is 19.9. The van der Waals surface area contributed by atoms with Gasteiger partial charge in [0.1, 0.15) is 17.0 Å². The Bertz CT molecular complexity index is 853. The van der Waals surface area contributed by atoms with Gasteiger partial charge in [0.2, 0.25) is 5.91 Å². The van der Waals surface area contributed by atoms with Crippen LogP contribution in [0.4, 0.5) is 0 Å². The first kappa shape index (κ1) is 16.3. The number of rotatable bonds is 3. The topological polar surface area (TPSA) is 73.0 Å². The van der Waals surface area contributed by atoms with Crippen molar-refractivity contribution in [1.82, 2.24) is 24.2 Å². The summed E-state index contributed by atoms with van der Waals surface area (Å²) < 4.78 is 3.03. The van der Waals surface area contributed by atoms with Crippen LogP contribution in [0.3, 0.4) is 0 Å². The minimum Gasteiger partial charge on any atom is -0.341 e. The maximum Gasteiger partial charge on any atom is 0.346 e. The Morgan fingerprint density at radius 2 is 2.08 bits per heavy atom. The van der Waals surface area contributed by atoms with Crippen LogP contribution < -0.4 is 5.69 Å². The fourth-order valence-corrected chi connectivity index (χ4v) is 3.93. The Morgan fingerprint density at radius 1 is 1.28 bits per heavy atom. The molecule has 2 aromatic rings. The first-order valence-corrected chi connectivity index (χ1v) is 9.09. The predicted octanol–water partition coefficient (Wildman–Crippen LogP) is 1.64. The lowest BCUT2D eigenvalue weighted by atomic mass is 10.0. The van der Waals surface area contributed by atoms with E-state index >= 15 is 0 Å². The molecule has 0 aliphatic carbocycles. The first-order chi connectivity index (χ1) is 12.1. The van der Waals surface area contributed by atoms with Gasteiger partial charge in [-0.3, -0.25) is 9.36 Å². The molecule has 0 saturated carbocycles. The van der Waals surface area contributed by atoms with Gasteiger partial charge in [0.05, 0.1) is 6.54 Å². The molecule has 0 unspecified atom stereocenters. The summed E-state index contributed by atoms with van der Waals surface area (Å²) in [6.07, 6.45) is 6.00. The van der Waals surface area contributed by atoms with Crippen molar-refractivity contribution in [1.29, 1.82) is 0 Å². The van der Waals surface area contributed by atoms with Gasteiger partial charge in [-0.05, 0) is 43.4 Å². The van der Waals surface area contributed by atoms with Crippen LogP contribution in [0.5, 0.6) is 0 Å². The second-order valence-corrected chi connectivity index (χ2v) is 7.04. The molecule has 25 heavy (non-hydrogen) atoms. The second kappa shape index (κ2) is 6.63. The van der Waals surface area contributed by atoms with Crippen molar-refractivity contribution >= 4 is 17.5 Å². The average Bonchev–Trinajstić information content (AvgIpc) is 3.24. The van der Waals surface area contributed by atoms with E-state index in [-0.39, 0.29) is 11.6 Å². The summed E-state index contributed by atoms with van der Waals surface area (Å²) in [5, 5.41) is 4.85. The molecule has 2 aliphatic rings. The van der Waals surface area contributed by atoms with Crippen LogP contribution in [0, 0.1) is 0 Å². The summed E-state index contributed by atoms with van der Waals surface area (Å²) in [6, 6.07) is 3.12. The number of hydrogen-bond donors (Lipinski definition) is 0. The van der Waals surface area contributed by atoms with Gasteiger partial charge < -0.3 is 4.90 Å². The van der Waals surface area contributed by atoms with E-state index in [4.69, 9.17) is 11.6 Å². The summed E-state index contributed by atoms with van der Waals surface area (Å²) >= 11 is 5.92. The number of hydrogen-bond acceptors (Lipinski definition) is 4. The molecule has 1 saturated heterocycles. The summed E-state index contributed by atoms with van der Waals surface area (Å²) in [6.45, 7) is 1.91. The summed E-state index contributed by atoms with van der Waals surface area (Å²) in [7, 11) is 0. The molecular formula is C17H20ClN5O2. The molecule has 7 nitrogen and oxygen atoms in total. The van der Waals surface area contributed by atoms with E-state index < -0.39 is 6.04 Å². The highest BCUT2D eigenvalue weighted by Gasteiger charge is 2.34. The van der Waals surface area contributed by atoms with Gasteiger partial charge >= 0.3 is 5.69 Å². The highest BCUT2D eigenvalue weighted by molar-refractivity contribution is 6.29. The third-order valence-corrected chi connectivity index (χ3v) is 5.16. The summed E-state index contributed by atoms with van der Waals surface area (Å²) in [5.41, 5.74) is 0.639. The number of halogens is 1. The van der Waals surface area contributed by atoms with E-state index in [2.05, 4.69) is 10.1 Å². The predicted molar refractivity (Wildman–Crippen MR) is 92.6 cm³/mol. The molecule has 4 rings (SSSR count). The number of pyridine rings is 1. The first-order valence-electron chi connectivity index (χ1n) is 8.71. The van der Waals surface area contributed by atoms with E-state index in [9.17, 15) is 9.59 Å². The van der Waals surface area contributed by atoms with Gasteiger partial charge in [-0.2, -0.15) is 5.10 Å². The molecule has 132 valence electrons. The SMILES string of the molecule is O=C([C@H]1CCCc2nn(Cc3ccnc(Cl)c3)c(=O)n21)N1CCCC1. The van der Waals surface area contributed by atoms with Crippen molar-refractivity contribution in [2.24, 2.45) is 0 Å². The number of carbonyl (C=O) groups is 1. The van der Waals surface area contributed by atoms with Gasteiger partial charge in [-0.25, -0.2) is 14.5 Å². The molecule has 0 radical (unpaired) electrons. The molecule has 4 heterocycles. The van der Waals surface area contributed by atoms with E-state index in [0.717, 1.165) is 44.3 Å². The third-order valence-electron chi connectivity index (χ3n) is 4.96. The number of nitrogens with zero attached hydrogens (tertiary/aromatic N) is 5. The monoisotopic (exact) mass is 361 g/mol. The molecule has 1 amide bonds. The van der Waals surface area contributed by atoms with E-state index in [1.165, 1.54) is 4.68 Å². The lowest BCUT2D eigenvalue weighted by molar-refractivity contribution is -0.134. The number of aromatic nitrogens is 4. The summed E-state index contributed by atoms with van der Waals surface area (Å²) in [4.78, 5) is 31.5. The molecule has 1 atom stereocenters. The molecule has 2 aliphatic heterocycles. The van der Waals surface area contributed by atoms with Gasteiger partial charge in [0.15, 0.2) is 0 Å². The van der Waals surface area contributed by atoms with Crippen molar-refractivity contribution < 1.29 is 4.79 Å². The van der Waals surface area contributed by atoms with Crippen molar-refractivity contribution in [3.63, 3.8) is 0 Å². The van der Waals surface area contributed by atoms with Gasteiger partial charge in [0.25, 0.3) is 0 Å². The number of aryl methyl sites for hydroxylation is 1. The Hall–Kier alpha value is -2.15. The van der Waals surface area contributed by atoms with Gasteiger partial charge in [-0.15, -0.1) is 0 Å². The highest BCUT2D eigenvalue weighted by Crippen LogP contribution is 2.25. The maximum absolute atomic E-state index is 12.9. The van der Waals surface area contributed by atoms with Crippen LogP contribution in [0.15, 0.2) is 23.1 Å². The third kappa shape index (κ3) is 3.08. The quantitative estimate of drug-likeness (QED) is 0.779. The van der Waals surface area contributed by atoms with Crippen LogP contribution >= 0.6 is 11.6 Å². The van der Waals surface area contributed by atoms with E-state index in [1.807, 2.05) is 11.0 Å². The largest absolute Gasteiger partial charge is 0.346 e. The van der Waals surface area contributed by atoms with Crippen molar-refractivity contribution in [2.45, 2.75) is 44.7 Å². The van der Waals surface area contributed by atoms with Crippen LogP contribution in [0.25, 0.3) is 0 Å². The Kier molecular flexibility index (Phi) is 4.33. The van der Waals surface area contributed by atoms with E-state index in [0.29, 0.717) is 23.9 Å². The molecule has 1 fully saturated rings. The van der Waals surface area contributed by atoms with Gasteiger partial charge in [0, 0.05) is 25.7 Å². The number of likely N-dealkylation sites (tertiary alicyclic amines) is 1. The zero-order chi connectivity index (χ0) is 17.4. The minimum absolute atomic E-state index is 0.0621. The van der Waals surface area contributed by atoms with Crippen LogP contribution in [0.1, 0.15) is 43.1 Å². The zero-order valence-electron chi connectivity index (χ0n) is 13.9. The average molecular weight is 362 g/mol. The lowest BCUT2D eigenvalue weighted by Gasteiger charge is -2.27. The van der Waals surface area contributed by atoms with Crippen LogP contribution in [-0.4, -0.2) is 43.2 Å². The smallest absolute Gasteiger partial charge is 0.341 e. The summed E-state index contributed by atoms with van der Waals surface area (Å²) in [5.74, 6) is 0.765. The van der Waals surface area contributed by atoms with Crippen LogP contribution in [0.2, 0.25) is 5.15 Å². The highest BCUT2D eigenvalue weighted by atomic mass is 35.5. The lowest BCUT2D eigenvalue weighted by Crippen LogP contribution is -2.41. The Morgan fingerprint density at radius 3 is 2.84 bits per heavy atom. The van der Waals surface area contributed by atoms with Crippen molar-refractivity contribution in [3.05, 3.63) is 45.4 Å². The molecule has 2 aromatic heterocycles. The Labute approximate surface area is 150 Å². The fraction of sp³-hybridized carbons (Fsp3) is 0.529. The molecule has 0 N–H and O–H groups in total. The fourth-order valence-electron chi connectivity index (χ4n) is 3.73. The maximum atomic E-state index is 12.9. The number of carbonyl (C=O) groups excluding carboxylic acids is 1. The number of amides is 1. The van der Waals surface area contributed by atoms with Crippen molar-refractivity contribution in [2.75, 3.05) is 13.1 Å². The second-order valence-electron chi connectivity index (χ2n) is 6.65. The Balaban J connectivity index is 1.65. The molecule has 8 heteroatoms. The van der Waals surface area contributed by atoms with E-state index in [1.54, 1.807) is 16.8 Å². The van der Waals surface area contributed by atoms with Crippen molar-refractivity contribution in [3.8, 4) is 0 Å².